The van der Waals surface area contributed by atoms with Gasteiger partial charge in [0, 0.05) is 5.56 Å². The first kappa shape index (κ1) is 18.9. The van der Waals surface area contributed by atoms with Crippen LogP contribution in [0, 0.1) is 6.92 Å². The van der Waals surface area contributed by atoms with Crippen LogP contribution in [0.3, 0.4) is 0 Å². The molecule has 0 saturated heterocycles. The van der Waals surface area contributed by atoms with Crippen molar-refractivity contribution < 1.29 is 22.3 Å². The van der Waals surface area contributed by atoms with Gasteiger partial charge in [0.15, 0.2) is 0 Å². The molecule has 0 radical (unpaired) electrons. The molecule has 8 nitrogen and oxygen atoms in total. The molecular weight excluding hydrogens is 370 g/mol. The highest BCUT2D eigenvalue weighted by Gasteiger charge is 2.17. The summed E-state index contributed by atoms with van der Waals surface area (Å²) in [6, 6.07) is 11.8. The number of aryl methyl sites for hydroxylation is 1. The molecule has 9 heteroatoms. The van der Waals surface area contributed by atoms with E-state index >= 15 is 0 Å². The Morgan fingerprint density at radius 3 is 2.59 bits per heavy atom. The van der Waals surface area contributed by atoms with Crippen molar-refractivity contribution in [3.63, 3.8) is 0 Å². The second kappa shape index (κ2) is 7.77. The number of hydrogen-bond donors (Lipinski definition) is 1. The maximum Gasteiger partial charge on any atom is 0.247 e. The van der Waals surface area contributed by atoms with E-state index in [9.17, 15) is 8.42 Å². The van der Waals surface area contributed by atoms with Gasteiger partial charge < -0.3 is 13.9 Å². The first-order valence-electron chi connectivity index (χ1n) is 8.04. The highest BCUT2D eigenvalue weighted by molar-refractivity contribution is 7.89. The van der Waals surface area contributed by atoms with Crippen molar-refractivity contribution in [2.45, 2.75) is 18.4 Å². The lowest BCUT2D eigenvalue weighted by molar-refractivity contribution is 0.411. The van der Waals surface area contributed by atoms with E-state index in [1.165, 1.54) is 19.2 Å². The van der Waals surface area contributed by atoms with E-state index < -0.39 is 10.0 Å². The number of methoxy groups -OCH3 is 2. The molecule has 0 fully saturated rings. The topological polar surface area (TPSA) is 104 Å². The Morgan fingerprint density at radius 1 is 1.07 bits per heavy atom. The van der Waals surface area contributed by atoms with Crippen LogP contribution >= 0.6 is 0 Å². The molecule has 27 heavy (non-hydrogen) atoms. The second-order valence-electron chi connectivity index (χ2n) is 5.69. The third kappa shape index (κ3) is 4.26. The molecule has 0 aliphatic rings. The van der Waals surface area contributed by atoms with Gasteiger partial charge in [0.1, 0.15) is 11.5 Å². The third-order valence-corrected chi connectivity index (χ3v) is 5.27. The van der Waals surface area contributed by atoms with Crippen molar-refractivity contribution in [1.29, 1.82) is 0 Å². The molecule has 0 saturated carbocycles. The van der Waals surface area contributed by atoms with Crippen LogP contribution in [0.15, 0.2) is 51.8 Å². The molecule has 1 heterocycles. The minimum absolute atomic E-state index is 0.121. The van der Waals surface area contributed by atoms with Crippen LogP contribution in [0.25, 0.3) is 11.5 Å². The van der Waals surface area contributed by atoms with Gasteiger partial charge in [0.05, 0.1) is 25.7 Å². The molecule has 0 bridgehead atoms. The quantitative estimate of drug-likeness (QED) is 0.662. The Kier molecular flexibility index (Phi) is 5.43. The number of benzene rings is 2. The van der Waals surface area contributed by atoms with Gasteiger partial charge in [-0.1, -0.05) is 6.07 Å². The Labute approximate surface area is 157 Å². The zero-order valence-electron chi connectivity index (χ0n) is 15.1. The maximum absolute atomic E-state index is 12.5. The first-order chi connectivity index (χ1) is 12.9. The number of ether oxygens (including phenoxy) is 2. The fraction of sp³-hybridized carbons (Fsp3) is 0.222. The fourth-order valence-electron chi connectivity index (χ4n) is 2.46. The van der Waals surface area contributed by atoms with E-state index in [0.717, 1.165) is 5.56 Å². The largest absolute Gasteiger partial charge is 0.497 e. The fourth-order valence-corrected chi connectivity index (χ4v) is 3.52. The number of nitrogens with one attached hydrogen (secondary N) is 1. The summed E-state index contributed by atoms with van der Waals surface area (Å²) in [4.78, 5) is 0.133. The van der Waals surface area contributed by atoms with Crippen molar-refractivity contribution in [2.24, 2.45) is 0 Å². The van der Waals surface area contributed by atoms with Crippen LogP contribution in [0.1, 0.15) is 11.5 Å². The zero-order valence-corrected chi connectivity index (χ0v) is 15.9. The van der Waals surface area contributed by atoms with E-state index in [1.807, 2.05) is 0 Å². The Hall–Kier alpha value is -2.91. The third-order valence-electron chi connectivity index (χ3n) is 3.87. The number of hydrogen-bond acceptors (Lipinski definition) is 7. The van der Waals surface area contributed by atoms with Crippen LogP contribution in [-0.2, 0) is 16.6 Å². The standard InChI is InChI=1S/C18H19N3O5S/c1-12-9-15(7-8-16(12)25-3)27(22,23)19-11-17-20-21-18(26-17)13-5-4-6-14(10-13)24-2/h4-10,19H,11H2,1-3H3. The lowest BCUT2D eigenvalue weighted by Crippen LogP contribution is -2.23. The summed E-state index contributed by atoms with van der Waals surface area (Å²) in [7, 11) is -0.630. The number of nitrogens with zero attached hydrogens (tertiary/aromatic N) is 2. The zero-order chi connectivity index (χ0) is 19.4. The summed E-state index contributed by atoms with van der Waals surface area (Å²) in [6.07, 6.45) is 0. The predicted octanol–water partition coefficient (Wildman–Crippen LogP) is 2.54. The second-order valence-corrected chi connectivity index (χ2v) is 7.46. The monoisotopic (exact) mass is 389 g/mol. The lowest BCUT2D eigenvalue weighted by Gasteiger charge is -2.08. The summed E-state index contributed by atoms with van der Waals surface area (Å²) in [5.41, 5.74) is 1.40. The molecule has 1 N–H and O–H groups in total. The van der Waals surface area contributed by atoms with Crippen molar-refractivity contribution in [3.8, 4) is 23.0 Å². The molecule has 0 amide bonds. The van der Waals surface area contributed by atoms with Crippen molar-refractivity contribution in [1.82, 2.24) is 14.9 Å². The summed E-state index contributed by atoms with van der Waals surface area (Å²) < 4.78 is 43.2. The summed E-state index contributed by atoms with van der Waals surface area (Å²) in [6.45, 7) is 1.65. The van der Waals surface area contributed by atoms with Crippen LogP contribution in [-0.4, -0.2) is 32.8 Å². The van der Waals surface area contributed by atoms with Crippen molar-refractivity contribution in [3.05, 3.63) is 53.9 Å². The molecule has 142 valence electrons. The molecule has 3 aromatic rings. The molecule has 2 aromatic carbocycles. The molecule has 0 spiro atoms. The first-order valence-corrected chi connectivity index (χ1v) is 9.52. The predicted molar refractivity (Wildman–Crippen MR) is 98.0 cm³/mol. The van der Waals surface area contributed by atoms with Gasteiger partial charge in [-0.3, -0.25) is 0 Å². The highest BCUT2D eigenvalue weighted by Crippen LogP contribution is 2.23. The van der Waals surface area contributed by atoms with Gasteiger partial charge in [-0.15, -0.1) is 10.2 Å². The smallest absolute Gasteiger partial charge is 0.247 e. The molecule has 0 unspecified atom stereocenters. The van der Waals surface area contributed by atoms with Gasteiger partial charge in [0.2, 0.25) is 21.8 Å². The van der Waals surface area contributed by atoms with Gasteiger partial charge in [-0.05, 0) is 48.9 Å². The summed E-state index contributed by atoms with van der Waals surface area (Å²) in [5, 5.41) is 7.83. The summed E-state index contributed by atoms with van der Waals surface area (Å²) in [5.74, 6) is 1.71. The van der Waals surface area contributed by atoms with Crippen molar-refractivity contribution >= 4 is 10.0 Å². The SMILES string of the molecule is COc1cccc(-c2nnc(CNS(=O)(=O)c3ccc(OC)c(C)c3)o2)c1. The van der Waals surface area contributed by atoms with Crippen LogP contribution in [0.2, 0.25) is 0 Å². The van der Waals surface area contributed by atoms with E-state index in [4.69, 9.17) is 13.9 Å². The molecule has 0 aliphatic heterocycles. The molecule has 0 atom stereocenters. The number of sulfonamides is 1. The number of rotatable bonds is 7. The molecule has 1 aromatic heterocycles. The average Bonchev–Trinajstić information content (AvgIpc) is 3.15. The Morgan fingerprint density at radius 2 is 1.89 bits per heavy atom. The van der Waals surface area contributed by atoms with Gasteiger partial charge in [-0.25, -0.2) is 13.1 Å². The van der Waals surface area contributed by atoms with Crippen LogP contribution < -0.4 is 14.2 Å². The van der Waals surface area contributed by atoms with E-state index in [2.05, 4.69) is 14.9 Å². The molecule has 3 rings (SSSR count). The maximum atomic E-state index is 12.5. The minimum Gasteiger partial charge on any atom is -0.497 e. The van der Waals surface area contributed by atoms with Gasteiger partial charge in [-0.2, -0.15) is 0 Å². The van der Waals surface area contributed by atoms with Gasteiger partial charge in [0.25, 0.3) is 0 Å². The minimum atomic E-state index is -3.73. The molecule has 0 aliphatic carbocycles. The van der Waals surface area contributed by atoms with Gasteiger partial charge >= 0.3 is 0 Å². The number of aromatic nitrogens is 2. The summed E-state index contributed by atoms with van der Waals surface area (Å²) >= 11 is 0. The average molecular weight is 389 g/mol. The normalized spacial score (nSPS) is 11.4. The lowest BCUT2D eigenvalue weighted by atomic mass is 10.2. The van der Waals surface area contributed by atoms with Crippen LogP contribution in [0.5, 0.6) is 11.5 Å². The van der Waals surface area contributed by atoms with Crippen molar-refractivity contribution in [2.75, 3.05) is 14.2 Å². The Balaban J connectivity index is 1.73. The van der Waals surface area contributed by atoms with E-state index in [1.54, 1.807) is 44.4 Å². The Bertz CT molecular complexity index is 1050. The van der Waals surface area contributed by atoms with Crippen LogP contribution in [0.4, 0.5) is 0 Å². The highest BCUT2D eigenvalue weighted by atomic mass is 32.2. The molecular formula is C18H19N3O5S. The van der Waals surface area contributed by atoms with E-state index in [-0.39, 0.29) is 23.2 Å². The van der Waals surface area contributed by atoms with E-state index in [0.29, 0.717) is 17.1 Å².